The van der Waals surface area contributed by atoms with Crippen LogP contribution in [0.3, 0.4) is 0 Å². The van der Waals surface area contributed by atoms with E-state index < -0.39 is 29.0 Å². The van der Waals surface area contributed by atoms with E-state index in [0.717, 1.165) is 12.1 Å². The van der Waals surface area contributed by atoms with Gasteiger partial charge in [-0.25, -0.2) is 9.18 Å². The lowest BCUT2D eigenvalue weighted by molar-refractivity contribution is -0.385. The topological polar surface area (TPSA) is 124 Å². The fourth-order valence-electron chi connectivity index (χ4n) is 1.62. The van der Waals surface area contributed by atoms with Gasteiger partial charge >= 0.3 is 5.97 Å². The summed E-state index contributed by atoms with van der Waals surface area (Å²) in [4.78, 5) is 40.2. The summed E-state index contributed by atoms with van der Waals surface area (Å²) in [7, 11) is 0. The maximum Gasteiger partial charge on any atom is 0.341 e. The number of hydrogen-bond acceptors (Lipinski definition) is 6. The van der Waals surface area contributed by atoms with E-state index in [1.54, 1.807) is 24.3 Å². The minimum absolute atomic E-state index is 0.124. The quantitative estimate of drug-likeness (QED) is 0.482. The fraction of sp³-hybridized carbons (Fsp3) is 0.0625. The van der Waals surface area contributed by atoms with Crippen molar-refractivity contribution in [2.75, 3.05) is 6.61 Å². The minimum atomic E-state index is -1.07. The zero-order valence-corrected chi connectivity index (χ0v) is 12.6. The molecule has 0 unspecified atom stereocenters. The molecular formula is C16H12FNO7. The van der Waals surface area contributed by atoms with E-state index in [-0.39, 0.29) is 5.56 Å². The maximum atomic E-state index is 12.4. The molecule has 0 atom stereocenters. The van der Waals surface area contributed by atoms with Gasteiger partial charge in [0.1, 0.15) is 11.6 Å². The van der Waals surface area contributed by atoms with Gasteiger partial charge in [-0.1, -0.05) is 12.1 Å². The first kappa shape index (κ1) is 19.4. The Balaban J connectivity index is 0.000000251. The Bertz CT molecular complexity index is 792. The van der Waals surface area contributed by atoms with Gasteiger partial charge in [-0.2, -0.15) is 0 Å². The summed E-state index contributed by atoms with van der Waals surface area (Å²) in [6.07, 6.45) is 0.939. The van der Waals surface area contributed by atoms with Crippen molar-refractivity contribution < 1.29 is 33.5 Å². The number of rotatable bonds is 6. The molecule has 0 amide bonds. The average Bonchev–Trinajstić information content (AvgIpc) is 2.60. The Morgan fingerprint density at radius 2 is 1.80 bits per heavy atom. The zero-order valence-electron chi connectivity index (χ0n) is 12.6. The third kappa shape index (κ3) is 6.18. The molecule has 0 aliphatic rings. The summed E-state index contributed by atoms with van der Waals surface area (Å²) in [5.74, 6) is -1.51. The van der Waals surface area contributed by atoms with Crippen LogP contribution in [-0.4, -0.2) is 35.2 Å². The number of nitro groups is 1. The second-order valence-electron chi connectivity index (χ2n) is 4.42. The molecule has 9 heteroatoms. The smallest absolute Gasteiger partial charge is 0.341 e. The van der Waals surface area contributed by atoms with Crippen LogP contribution in [0.4, 0.5) is 10.1 Å². The molecule has 0 saturated carbocycles. The number of carbonyl (C=O) groups excluding carboxylic acids is 2. The lowest BCUT2D eigenvalue weighted by Gasteiger charge is -2.04. The van der Waals surface area contributed by atoms with Gasteiger partial charge < -0.3 is 9.84 Å². The van der Waals surface area contributed by atoms with Gasteiger partial charge in [0.2, 0.25) is 0 Å². The Kier molecular flexibility index (Phi) is 7.38. The highest BCUT2D eigenvalue weighted by molar-refractivity contribution is 5.81. The van der Waals surface area contributed by atoms with E-state index in [4.69, 9.17) is 9.84 Å². The van der Waals surface area contributed by atoms with E-state index in [2.05, 4.69) is 0 Å². The number of carbonyl (C=O) groups is 3. The number of carboxylic acid groups (broad SMARTS) is 1. The van der Waals surface area contributed by atoms with Crippen molar-refractivity contribution in [3.8, 4) is 5.75 Å². The fourth-order valence-corrected chi connectivity index (χ4v) is 1.62. The van der Waals surface area contributed by atoms with Crippen molar-refractivity contribution in [2.45, 2.75) is 0 Å². The molecular weight excluding hydrogens is 337 g/mol. The van der Waals surface area contributed by atoms with Crippen LogP contribution in [0.15, 0.2) is 42.5 Å². The first-order valence-corrected chi connectivity index (χ1v) is 6.67. The summed E-state index contributed by atoms with van der Waals surface area (Å²) in [6.45, 7) is -0.440. The van der Waals surface area contributed by atoms with Gasteiger partial charge in [-0.15, -0.1) is 0 Å². The largest absolute Gasteiger partial charge is 0.481 e. The molecule has 0 aromatic heterocycles. The Morgan fingerprint density at radius 3 is 2.36 bits per heavy atom. The predicted molar refractivity (Wildman–Crippen MR) is 83.4 cm³/mol. The van der Waals surface area contributed by atoms with Crippen molar-refractivity contribution in [3.63, 3.8) is 0 Å². The highest BCUT2D eigenvalue weighted by Gasteiger charge is 2.13. The average molecular weight is 349 g/mol. The van der Waals surface area contributed by atoms with E-state index in [0.29, 0.717) is 30.0 Å². The molecule has 0 saturated heterocycles. The van der Waals surface area contributed by atoms with Crippen LogP contribution in [0.1, 0.15) is 20.7 Å². The van der Waals surface area contributed by atoms with Gasteiger partial charge in [0, 0.05) is 0 Å². The van der Waals surface area contributed by atoms with E-state index >= 15 is 0 Å². The Hall–Kier alpha value is -3.62. The lowest BCUT2D eigenvalue weighted by atomic mass is 10.2. The SMILES string of the molecule is O=Cc1ccc(F)cc1[N+](=O)[O-].O=Cc1ccccc1OCC(=O)O. The van der Waals surface area contributed by atoms with Crippen LogP contribution >= 0.6 is 0 Å². The van der Waals surface area contributed by atoms with E-state index in [1.165, 1.54) is 0 Å². The number of aldehydes is 2. The summed E-state index contributed by atoms with van der Waals surface area (Å²) in [6, 6.07) is 9.24. The summed E-state index contributed by atoms with van der Waals surface area (Å²) >= 11 is 0. The molecule has 2 aromatic rings. The van der Waals surface area contributed by atoms with Crippen LogP contribution in [0.5, 0.6) is 5.75 Å². The zero-order chi connectivity index (χ0) is 18.8. The number of nitrogens with zero attached hydrogens (tertiary/aromatic N) is 1. The summed E-state index contributed by atoms with van der Waals surface area (Å²) < 4.78 is 17.3. The molecule has 0 heterocycles. The lowest BCUT2D eigenvalue weighted by Crippen LogP contribution is -2.10. The highest BCUT2D eigenvalue weighted by atomic mass is 19.1. The molecule has 0 fully saturated rings. The number of nitro benzene ring substituents is 1. The van der Waals surface area contributed by atoms with Crippen molar-refractivity contribution >= 4 is 24.2 Å². The van der Waals surface area contributed by atoms with Gasteiger partial charge in [0.15, 0.2) is 19.2 Å². The molecule has 0 spiro atoms. The van der Waals surface area contributed by atoms with Crippen molar-refractivity contribution in [3.05, 3.63) is 69.5 Å². The van der Waals surface area contributed by atoms with Crippen molar-refractivity contribution in [1.82, 2.24) is 0 Å². The minimum Gasteiger partial charge on any atom is -0.481 e. The predicted octanol–water partition coefficient (Wildman–Crippen LogP) is 2.51. The van der Waals surface area contributed by atoms with E-state index in [9.17, 15) is 28.9 Å². The first-order valence-electron chi connectivity index (χ1n) is 6.67. The second-order valence-corrected chi connectivity index (χ2v) is 4.42. The second kappa shape index (κ2) is 9.50. The van der Waals surface area contributed by atoms with Gasteiger partial charge in [-0.3, -0.25) is 19.7 Å². The molecule has 0 bridgehead atoms. The number of para-hydroxylation sites is 1. The molecule has 25 heavy (non-hydrogen) atoms. The third-order valence-corrected chi connectivity index (χ3v) is 2.71. The Morgan fingerprint density at radius 1 is 1.16 bits per heavy atom. The first-order chi connectivity index (χ1) is 11.9. The third-order valence-electron chi connectivity index (χ3n) is 2.71. The molecule has 2 aromatic carbocycles. The monoisotopic (exact) mass is 349 g/mol. The van der Waals surface area contributed by atoms with E-state index in [1.807, 2.05) is 0 Å². The normalized spacial score (nSPS) is 9.32. The standard InChI is InChI=1S/C9H8O4.C7H4FNO3/c10-5-7-3-1-2-4-8(7)13-6-9(11)12;8-6-2-1-5(4-10)7(3-6)9(11)12/h1-5H,6H2,(H,11,12);1-4H. The van der Waals surface area contributed by atoms with Crippen LogP contribution in [-0.2, 0) is 4.79 Å². The molecule has 8 nitrogen and oxygen atoms in total. The molecule has 0 aliphatic heterocycles. The maximum absolute atomic E-state index is 12.4. The molecule has 0 radical (unpaired) electrons. The number of halogens is 1. The number of hydrogen-bond donors (Lipinski definition) is 1. The summed E-state index contributed by atoms with van der Waals surface area (Å²) in [5, 5.41) is 18.5. The van der Waals surface area contributed by atoms with Crippen LogP contribution in [0.2, 0.25) is 0 Å². The van der Waals surface area contributed by atoms with Crippen molar-refractivity contribution in [2.24, 2.45) is 0 Å². The molecule has 1 N–H and O–H groups in total. The highest BCUT2D eigenvalue weighted by Crippen LogP contribution is 2.17. The Labute approximate surface area is 140 Å². The molecule has 130 valence electrons. The van der Waals surface area contributed by atoms with Crippen LogP contribution in [0, 0.1) is 15.9 Å². The van der Waals surface area contributed by atoms with Gasteiger partial charge in [0.25, 0.3) is 5.69 Å². The number of carboxylic acids is 1. The van der Waals surface area contributed by atoms with Crippen LogP contribution < -0.4 is 4.74 Å². The number of ether oxygens (including phenoxy) is 1. The molecule has 0 aliphatic carbocycles. The summed E-state index contributed by atoms with van der Waals surface area (Å²) in [5.41, 5.74) is -0.282. The van der Waals surface area contributed by atoms with Crippen molar-refractivity contribution in [1.29, 1.82) is 0 Å². The number of aliphatic carboxylic acids is 1. The molecule has 2 rings (SSSR count). The number of benzene rings is 2. The van der Waals surface area contributed by atoms with Gasteiger partial charge in [-0.05, 0) is 24.3 Å². The van der Waals surface area contributed by atoms with Gasteiger partial charge in [0.05, 0.1) is 22.1 Å². The van der Waals surface area contributed by atoms with Crippen LogP contribution in [0.25, 0.3) is 0 Å².